The van der Waals surface area contributed by atoms with Crippen molar-refractivity contribution in [1.82, 2.24) is 9.97 Å². The molecular weight excluding hydrogens is 454 g/mol. The summed E-state index contributed by atoms with van der Waals surface area (Å²) in [6, 6.07) is 15.8. The summed E-state index contributed by atoms with van der Waals surface area (Å²) < 4.78 is 25.9. The van der Waals surface area contributed by atoms with E-state index in [1.807, 2.05) is 31.2 Å². The second-order valence-electron chi connectivity index (χ2n) is 8.23. The molecule has 4 aromatic rings. The highest BCUT2D eigenvalue weighted by molar-refractivity contribution is 7.92. The van der Waals surface area contributed by atoms with Crippen molar-refractivity contribution in [3.05, 3.63) is 83.2 Å². The van der Waals surface area contributed by atoms with Crippen LogP contribution in [0.1, 0.15) is 41.0 Å². The quantitative estimate of drug-likeness (QED) is 0.373. The van der Waals surface area contributed by atoms with Crippen LogP contribution in [0.2, 0.25) is 0 Å². The van der Waals surface area contributed by atoms with Gasteiger partial charge in [-0.3, -0.25) is 14.7 Å². The molecule has 0 aliphatic rings. The van der Waals surface area contributed by atoms with Crippen LogP contribution in [0.5, 0.6) is 0 Å². The van der Waals surface area contributed by atoms with E-state index in [1.165, 1.54) is 29.0 Å². The standard InChI is InChI=1S/C25H25N3O3S2/c1-16(2)33(30,31)21-10-8-19(9-11-21)24(29)28(15-20-7-5-6-12-26-20)25-27-22-13-17(3)18(4)14-23(22)32-25/h5-14,16H,15H2,1-4H3. The first-order valence-electron chi connectivity index (χ1n) is 10.6. The zero-order valence-corrected chi connectivity index (χ0v) is 20.6. The summed E-state index contributed by atoms with van der Waals surface area (Å²) in [5.74, 6) is -0.262. The van der Waals surface area contributed by atoms with E-state index in [9.17, 15) is 13.2 Å². The Bertz CT molecular complexity index is 1370. The molecule has 0 aliphatic heterocycles. The van der Waals surface area contributed by atoms with Gasteiger partial charge in [-0.05, 0) is 87.4 Å². The van der Waals surface area contributed by atoms with Gasteiger partial charge in [0.2, 0.25) is 0 Å². The zero-order chi connectivity index (χ0) is 23.8. The third-order valence-corrected chi connectivity index (χ3v) is 8.78. The molecule has 1 amide bonds. The number of nitrogens with zero attached hydrogens (tertiary/aromatic N) is 3. The predicted molar refractivity (Wildman–Crippen MR) is 133 cm³/mol. The number of rotatable bonds is 6. The van der Waals surface area contributed by atoms with Crippen molar-refractivity contribution in [3.63, 3.8) is 0 Å². The fraction of sp³-hybridized carbons (Fsp3) is 0.240. The third kappa shape index (κ3) is 4.67. The molecule has 4 rings (SSSR count). The highest BCUT2D eigenvalue weighted by atomic mass is 32.2. The number of carbonyl (C=O) groups excluding carboxylic acids is 1. The van der Waals surface area contributed by atoms with Crippen molar-refractivity contribution in [2.24, 2.45) is 0 Å². The third-order valence-electron chi connectivity index (χ3n) is 5.57. The lowest BCUT2D eigenvalue weighted by Crippen LogP contribution is -2.30. The lowest BCUT2D eigenvalue weighted by Gasteiger charge is -2.20. The molecule has 2 aromatic carbocycles. The van der Waals surface area contributed by atoms with Crippen molar-refractivity contribution in [1.29, 1.82) is 0 Å². The molecule has 0 fully saturated rings. The van der Waals surface area contributed by atoms with E-state index in [0.29, 0.717) is 10.7 Å². The second kappa shape index (κ2) is 9.03. The minimum Gasteiger partial charge on any atom is -0.278 e. The first-order valence-corrected chi connectivity index (χ1v) is 13.0. The van der Waals surface area contributed by atoms with Crippen LogP contribution in [0.25, 0.3) is 10.2 Å². The van der Waals surface area contributed by atoms with Gasteiger partial charge in [0, 0.05) is 11.8 Å². The van der Waals surface area contributed by atoms with Crippen molar-refractivity contribution in [3.8, 4) is 0 Å². The van der Waals surface area contributed by atoms with Gasteiger partial charge in [-0.15, -0.1) is 0 Å². The molecule has 6 nitrogen and oxygen atoms in total. The Kier molecular flexibility index (Phi) is 6.32. The summed E-state index contributed by atoms with van der Waals surface area (Å²) in [6.45, 7) is 7.62. The van der Waals surface area contributed by atoms with E-state index < -0.39 is 15.1 Å². The Labute approximate surface area is 197 Å². The van der Waals surface area contributed by atoms with Crippen LogP contribution < -0.4 is 4.90 Å². The maximum absolute atomic E-state index is 13.6. The highest BCUT2D eigenvalue weighted by Gasteiger charge is 2.24. The topological polar surface area (TPSA) is 80.2 Å². The smallest absolute Gasteiger partial charge is 0.260 e. The molecule has 0 spiro atoms. The SMILES string of the molecule is Cc1cc2nc(N(Cc3ccccn3)C(=O)c3ccc(S(=O)(=O)C(C)C)cc3)sc2cc1C. The number of pyridine rings is 1. The van der Waals surface area contributed by atoms with Crippen LogP contribution in [-0.4, -0.2) is 29.5 Å². The second-order valence-corrected chi connectivity index (χ2v) is 11.7. The molecule has 2 heterocycles. The molecular formula is C25H25N3O3S2. The van der Waals surface area contributed by atoms with Crippen molar-refractivity contribution in [2.75, 3.05) is 4.90 Å². The largest absolute Gasteiger partial charge is 0.278 e. The van der Waals surface area contributed by atoms with Crippen LogP contribution in [0.15, 0.2) is 65.7 Å². The van der Waals surface area contributed by atoms with E-state index >= 15 is 0 Å². The van der Waals surface area contributed by atoms with Crippen molar-refractivity contribution in [2.45, 2.75) is 44.4 Å². The number of thiazole rings is 1. The molecule has 0 N–H and O–H groups in total. The molecule has 170 valence electrons. The summed E-state index contributed by atoms with van der Waals surface area (Å²) in [7, 11) is -3.41. The Morgan fingerprint density at radius 2 is 1.73 bits per heavy atom. The summed E-state index contributed by atoms with van der Waals surface area (Å²) >= 11 is 1.45. The van der Waals surface area contributed by atoms with E-state index in [1.54, 1.807) is 37.1 Å². The first-order chi connectivity index (χ1) is 15.7. The van der Waals surface area contributed by atoms with Gasteiger partial charge in [-0.25, -0.2) is 13.4 Å². The molecule has 0 unspecified atom stereocenters. The lowest BCUT2D eigenvalue weighted by atomic mass is 10.1. The Balaban J connectivity index is 1.74. The maximum atomic E-state index is 13.6. The van der Waals surface area contributed by atoms with Crippen LogP contribution in [0.3, 0.4) is 0 Å². The van der Waals surface area contributed by atoms with Gasteiger partial charge in [0.25, 0.3) is 5.91 Å². The number of aryl methyl sites for hydroxylation is 2. The normalized spacial score (nSPS) is 11.8. The van der Waals surface area contributed by atoms with Crippen LogP contribution in [0.4, 0.5) is 5.13 Å². The summed E-state index contributed by atoms with van der Waals surface area (Å²) in [5, 5.41) is 0.0406. The average molecular weight is 480 g/mol. The monoisotopic (exact) mass is 479 g/mol. The summed E-state index contributed by atoms with van der Waals surface area (Å²) in [6.07, 6.45) is 1.69. The molecule has 2 aromatic heterocycles. The maximum Gasteiger partial charge on any atom is 0.260 e. The average Bonchev–Trinajstić information content (AvgIpc) is 3.20. The summed E-state index contributed by atoms with van der Waals surface area (Å²) in [4.78, 5) is 24.5. The van der Waals surface area contributed by atoms with Crippen LogP contribution >= 0.6 is 11.3 Å². The van der Waals surface area contributed by atoms with Crippen molar-refractivity contribution < 1.29 is 13.2 Å². The van der Waals surface area contributed by atoms with Crippen molar-refractivity contribution >= 4 is 42.4 Å². The number of hydrogen-bond donors (Lipinski definition) is 0. The number of sulfone groups is 1. The Hall–Kier alpha value is -3.10. The predicted octanol–water partition coefficient (Wildman–Crippen LogP) is 5.34. The molecule has 0 saturated carbocycles. The Morgan fingerprint density at radius 1 is 1.03 bits per heavy atom. The van der Waals surface area contributed by atoms with Crippen LogP contribution in [0, 0.1) is 13.8 Å². The van der Waals surface area contributed by atoms with Crippen LogP contribution in [-0.2, 0) is 16.4 Å². The Morgan fingerprint density at radius 3 is 2.36 bits per heavy atom. The molecule has 0 bridgehead atoms. The minimum atomic E-state index is -3.41. The van der Waals surface area contributed by atoms with E-state index in [-0.39, 0.29) is 17.3 Å². The highest BCUT2D eigenvalue weighted by Crippen LogP contribution is 2.32. The number of hydrogen-bond acceptors (Lipinski definition) is 6. The van der Waals surface area contributed by atoms with Gasteiger partial charge in [0.05, 0.1) is 32.6 Å². The number of anilines is 1. The molecule has 33 heavy (non-hydrogen) atoms. The van der Waals surface area contributed by atoms with Gasteiger partial charge in [0.15, 0.2) is 15.0 Å². The number of amides is 1. The summed E-state index contributed by atoms with van der Waals surface area (Å²) in [5.41, 5.74) is 4.28. The van der Waals surface area contributed by atoms with Gasteiger partial charge in [0.1, 0.15) is 0 Å². The number of aromatic nitrogens is 2. The number of fused-ring (bicyclic) bond motifs is 1. The lowest BCUT2D eigenvalue weighted by molar-refractivity contribution is 0.0984. The first kappa shape index (κ1) is 23.1. The molecule has 0 saturated heterocycles. The van der Waals surface area contributed by atoms with E-state index in [0.717, 1.165) is 21.5 Å². The van der Waals surface area contributed by atoms with E-state index in [4.69, 9.17) is 4.98 Å². The van der Waals surface area contributed by atoms with E-state index in [2.05, 4.69) is 18.0 Å². The molecule has 0 radical (unpaired) electrons. The molecule has 0 aliphatic carbocycles. The van der Waals surface area contributed by atoms with Gasteiger partial charge in [-0.1, -0.05) is 17.4 Å². The minimum absolute atomic E-state index is 0.205. The van der Waals surface area contributed by atoms with Gasteiger partial charge in [-0.2, -0.15) is 0 Å². The number of benzene rings is 2. The van der Waals surface area contributed by atoms with Gasteiger partial charge >= 0.3 is 0 Å². The fourth-order valence-corrected chi connectivity index (χ4v) is 5.48. The van der Waals surface area contributed by atoms with Gasteiger partial charge < -0.3 is 0 Å². The molecule has 0 atom stereocenters. The zero-order valence-electron chi connectivity index (χ0n) is 18.9. The molecule has 8 heteroatoms. The number of carbonyl (C=O) groups is 1. The fourth-order valence-electron chi connectivity index (χ4n) is 3.38.